The van der Waals surface area contributed by atoms with Crippen LogP contribution < -0.4 is 4.74 Å². The van der Waals surface area contributed by atoms with E-state index in [1.807, 2.05) is 66.6 Å². The van der Waals surface area contributed by atoms with Crippen LogP contribution in [-0.4, -0.2) is 30.6 Å². The molecule has 4 nitrogen and oxygen atoms in total. The molecule has 3 atom stereocenters. The van der Waals surface area contributed by atoms with Crippen LogP contribution in [0.1, 0.15) is 18.1 Å². The highest BCUT2D eigenvalue weighted by molar-refractivity contribution is 5.59. The van der Waals surface area contributed by atoms with E-state index in [1.54, 1.807) is 7.11 Å². The average Bonchev–Trinajstić information content (AvgIpc) is 2.95. The van der Waals surface area contributed by atoms with Gasteiger partial charge in [0.2, 0.25) is 0 Å². The predicted octanol–water partition coefficient (Wildman–Crippen LogP) is 3.73. The Labute approximate surface area is 148 Å². The minimum atomic E-state index is -0.182. The summed E-state index contributed by atoms with van der Waals surface area (Å²) in [6.45, 7) is 2.59. The zero-order chi connectivity index (χ0) is 17.6. The molecular weight excluding hydrogens is 314 g/mol. The SMILES string of the molecule is COc1ccc(/C=C/[C@H]2[C@H](C=O)[C@@H](C)ON2Cc2ccccc2)cc1. The summed E-state index contributed by atoms with van der Waals surface area (Å²) < 4.78 is 5.18. The molecule has 0 unspecified atom stereocenters. The first kappa shape index (κ1) is 17.4. The number of carbonyl (C=O) groups is 1. The number of ether oxygens (including phenoxy) is 1. The van der Waals surface area contributed by atoms with E-state index in [9.17, 15) is 4.79 Å². The van der Waals surface area contributed by atoms with Crippen LogP contribution in [0.5, 0.6) is 5.75 Å². The zero-order valence-corrected chi connectivity index (χ0v) is 14.5. The zero-order valence-electron chi connectivity index (χ0n) is 14.5. The Kier molecular flexibility index (Phi) is 5.64. The van der Waals surface area contributed by atoms with E-state index >= 15 is 0 Å². The second-order valence-electron chi connectivity index (χ2n) is 6.21. The van der Waals surface area contributed by atoms with Gasteiger partial charge >= 0.3 is 0 Å². The van der Waals surface area contributed by atoms with Crippen molar-refractivity contribution < 1.29 is 14.4 Å². The number of methoxy groups -OCH3 is 1. The van der Waals surface area contributed by atoms with Gasteiger partial charge < -0.3 is 9.53 Å². The standard InChI is InChI=1S/C21H23NO3/c1-16-20(15-23)21(13-10-17-8-11-19(24-2)12-9-17)22(25-16)14-18-6-4-3-5-7-18/h3-13,15-16,20-21H,14H2,1-2H3/b13-10+/t16-,20-,21+/m1/s1. The van der Waals surface area contributed by atoms with Crippen LogP contribution in [-0.2, 0) is 16.2 Å². The maximum absolute atomic E-state index is 11.6. The van der Waals surface area contributed by atoms with E-state index in [1.165, 1.54) is 0 Å². The molecule has 3 rings (SSSR count). The van der Waals surface area contributed by atoms with Crippen LogP contribution in [0.15, 0.2) is 60.7 Å². The number of hydroxylamine groups is 2. The Morgan fingerprint density at radius 3 is 2.48 bits per heavy atom. The van der Waals surface area contributed by atoms with Gasteiger partial charge in [-0.25, -0.2) is 0 Å². The first-order valence-corrected chi connectivity index (χ1v) is 8.46. The molecule has 1 fully saturated rings. The fourth-order valence-corrected chi connectivity index (χ4v) is 3.07. The quantitative estimate of drug-likeness (QED) is 0.753. The molecule has 4 heteroatoms. The Hall–Kier alpha value is -2.43. The maximum atomic E-state index is 11.6. The van der Waals surface area contributed by atoms with Crippen molar-refractivity contribution in [2.75, 3.05) is 7.11 Å². The first-order chi connectivity index (χ1) is 12.2. The maximum Gasteiger partial charge on any atom is 0.127 e. The van der Waals surface area contributed by atoms with E-state index in [-0.39, 0.29) is 18.1 Å². The highest BCUT2D eigenvalue weighted by atomic mass is 16.7. The second kappa shape index (κ2) is 8.10. The Morgan fingerprint density at radius 2 is 1.84 bits per heavy atom. The molecule has 1 aliphatic heterocycles. The topological polar surface area (TPSA) is 38.8 Å². The van der Waals surface area contributed by atoms with Crippen molar-refractivity contribution >= 4 is 12.4 Å². The van der Waals surface area contributed by atoms with Crippen molar-refractivity contribution in [3.8, 4) is 5.75 Å². The van der Waals surface area contributed by atoms with Gasteiger partial charge in [-0.15, -0.1) is 0 Å². The summed E-state index contributed by atoms with van der Waals surface area (Å²) in [7, 11) is 1.65. The molecule has 0 radical (unpaired) electrons. The number of hydrogen-bond donors (Lipinski definition) is 0. The number of carbonyl (C=O) groups excluding carboxylic acids is 1. The van der Waals surface area contributed by atoms with Gasteiger partial charge in [0.25, 0.3) is 0 Å². The minimum absolute atomic E-state index is 0.0881. The third-order valence-corrected chi connectivity index (χ3v) is 4.51. The molecule has 0 N–H and O–H groups in total. The molecule has 2 aromatic carbocycles. The summed E-state index contributed by atoms with van der Waals surface area (Å²) in [5.41, 5.74) is 2.22. The number of nitrogens with zero attached hydrogens (tertiary/aromatic N) is 1. The molecule has 0 aliphatic carbocycles. The minimum Gasteiger partial charge on any atom is -0.497 e. The van der Waals surface area contributed by atoms with Gasteiger partial charge in [-0.3, -0.25) is 4.84 Å². The monoisotopic (exact) mass is 337 g/mol. The number of rotatable bonds is 6. The smallest absolute Gasteiger partial charge is 0.127 e. The van der Waals surface area contributed by atoms with E-state index in [4.69, 9.17) is 9.57 Å². The molecule has 1 heterocycles. The van der Waals surface area contributed by atoms with Gasteiger partial charge in [0, 0.05) is 6.54 Å². The molecule has 0 aromatic heterocycles. The van der Waals surface area contributed by atoms with Crippen molar-refractivity contribution in [1.29, 1.82) is 0 Å². The third kappa shape index (κ3) is 4.16. The molecule has 0 amide bonds. The van der Waals surface area contributed by atoms with Gasteiger partial charge in [-0.1, -0.05) is 54.6 Å². The highest BCUT2D eigenvalue weighted by Crippen LogP contribution is 2.29. The van der Waals surface area contributed by atoms with E-state index in [2.05, 4.69) is 12.1 Å². The Balaban J connectivity index is 1.78. The van der Waals surface area contributed by atoms with Crippen molar-refractivity contribution in [1.82, 2.24) is 5.06 Å². The summed E-state index contributed by atoms with van der Waals surface area (Å²) in [6.07, 6.45) is 4.94. The van der Waals surface area contributed by atoms with Gasteiger partial charge in [-0.05, 0) is 30.2 Å². The van der Waals surface area contributed by atoms with Crippen LogP contribution >= 0.6 is 0 Å². The highest BCUT2D eigenvalue weighted by Gasteiger charge is 2.39. The first-order valence-electron chi connectivity index (χ1n) is 8.46. The van der Waals surface area contributed by atoms with Crippen LogP contribution in [0.2, 0.25) is 0 Å². The van der Waals surface area contributed by atoms with Crippen molar-refractivity contribution in [3.05, 3.63) is 71.8 Å². The number of aldehydes is 1. The Morgan fingerprint density at radius 1 is 1.12 bits per heavy atom. The van der Waals surface area contributed by atoms with Gasteiger partial charge in [0.1, 0.15) is 12.0 Å². The molecule has 1 saturated heterocycles. The molecule has 1 aliphatic rings. The lowest BCUT2D eigenvalue weighted by Crippen LogP contribution is -2.30. The van der Waals surface area contributed by atoms with Gasteiger partial charge in [-0.2, -0.15) is 5.06 Å². The van der Waals surface area contributed by atoms with Gasteiger partial charge in [0.05, 0.1) is 25.2 Å². The van der Waals surface area contributed by atoms with Gasteiger partial charge in [0.15, 0.2) is 0 Å². The molecule has 0 saturated carbocycles. The normalized spacial score (nSPS) is 23.8. The lowest BCUT2D eigenvalue weighted by molar-refractivity contribution is -0.158. The number of hydrogen-bond acceptors (Lipinski definition) is 4. The summed E-state index contributed by atoms with van der Waals surface area (Å²) in [5.74, 6) is 0.643. The van der Waals surface area contributed by atoms with E-state index in [0.29, 0.717) is 6.54 Å². The summed E-state index contributed by atoms with van der Waals surface area (Å²) in [5, 5.41) is 1.90. The van der Waals surface area contributed by atoms with Crippen molar-refractivity contribution in [2.24, 2.45) is 5.92 Å². The molecular formula is C21H23NO3. The van der Waals surface area contributed by atoms with E-state index < -0.39 is 0 Å². The molecule has 2 aromatic rings. The molecule has 25 heavy (non-hydrogen) atoms. The van der Waals surface area contributed by atoms with Crippen LogP contribution in [0.4, 0.5) is 0 Å². The Bertz CT molecular complexity index is 712. The second-order valence-corrected chi connectivity index (χ2v) is 6.21. The van der Waals surface area contributed by atoms with Crippen LogP contribution in [0.25, 0.3) is 6.08 Å². The fourth-order valence-electron chi connectivity index (χ4n) is 3.07. The summed E-state index contributed by atoms with van der Waals surface area (Å²) in [6, 6.07) is 17.9. The summed E-state index contributed by atoms with van der Waals surface area (Å²) in [4.78, 5) is 17.5. The van der Waals surface area contributed by atoms with E-state index in [0.717, 1.165) is 23.2 Å². The van der Waals surface area contributed by atoms with Crippen LogP contribution in [0, 0.1) is 5.92 Å². The molecule has 130 valence electrons. The number of benzene rings is 2. The average molecular weight is 337 g/mol. The lowest BCUT2D eigenvalue weighted by atomic mass is 9.96. The van der Waals surface area contributed by atoms with Crippen molar-refractivity contribution in [2.45, 2.75) is 25.6 Å². The van der Waals surface area contributed by atoms with Crippen LogP contribution in [0.3, 0.4) is 0 Å². The largest absolute Gasteiger partial charge is 0.497 e. The molecule has 0 spiro atoms. The van der Waals surface area contributed by atoms with Crippen molar-refractivity contribution in [3.63, 3.8) is 0 Å². The predicted molar refractivity (Wildman–Crippen MR) is 97.9 cm³/mol. The fraction of sp³-hybridized carbons (Fsp3) is 0.286. The molecule has 0 bridgehead atoms. The lowest BCUT2D eigenvalue weighted by Gasteiger charge is -2.21. The third-order valence-electron chi connectivity index (χ3n) is 4.51. The summed E-state index contributed by atoms with van der Waals surface area (Å²) >= 11 is 0.